The number of hydrogen-bond acceptors (Lipinski definition) is 2. The van der Waals surface area contributed by atoms with E-state index >= 15 is 0 Å². The van der Waals surface area contributed by atoms with Crippen LogP contribution in [0.25, 0.3) is 0 Å². The van der Waals surface area contributed by atoms with Crippen molar-refractivity contribution in [2.45, 2.75) is 32.7 Å². The number of aryl methyl sites for hydroxylation is 2. The quantitative estimate of drug-likeness (QED) is 0.814. The van der Waals surface area contributed by atoms with Crippen LogP contribution in [0.2, 0.25) is 5.15 Å². The molecule has 2 heterocycles. The fraction of sp³-hybridized carbons (Fsp3) is 0.700. The van der Waals surface area contributed by atoms with Gasteiger partial charge in [0.05, 0.1) is 5.69 Å². The summed E-state index contributed by atoms with van der Waals surface area (Å²) in [5.41, 5.74) is 6.52. The summed E-state index contributed by atoms with van der Waals surface area (Å²) >= 11 is 6.16. The molecule has 0 saturated heterocycles. The minimum Gasteiger partial charge on any atom is -0.330 e. The van der Waals surface area contributed by atoms with E-state index in [4.69, 9.17) is 17.3 Å². The fourth-order valence-electron chi connectivity index (χ4n) is 2.14. The molecule has 0 spiro atoms. The maximum atomic E-state index is 6.16. The van der Waals surface area contributed by atoms with Crippen LogP contribution in [-0.2, 0) is 13.0 Å². The first kappa shape index (κ1) is 9.99. The van der Waals surface area contributed by atoms with Gasteiger partial charge in [-0.25, -0.2) is 4.98 Å². The summed E-state index contributed by atoms with van der Waals surface area (Å²) in [6.45, 7) is 3.73. The van der Waals surface area contributed by atoms with Gasteiger partial charge in [0.25, 0.3) is 0 Å². The standard InChI is InChI=1S/C10H16ClN3/c1-7-10(11)14-6-8(4-5-12)2-3-9(14)13-7/h8H,2-6,12H2,1H3. The number of rotatable bonds is 2. The monoisotopic (exact) mass is 213 g/mol. The molecule has 0 amide bonds. The average Bonchev–Trinajstić information content (AvgIpc) is 2.45. The molecule has 0 aromatic carbocycles. The van der Waals surface area contributed by atoms with Gasteiger partial charge in [0, 0.05) is 13.0 Å². The molecule has 1 aliphatic heterocycles. The highest BCUT2D eigenvalue weighted by atomic mass is 35.5. The van der Waals surface area contributed by atoms with E-state index in [1.54, 1.807) is 0 Å². The van der Waals surface area contributed by atoms with E-state index in [0.29, 0.717) is 5.92 Å². The number of halogens is 1. The van der Waals surface area contributed by atoms with Crippen LogP contribution in [0.4, 0.5) is 0 Å². The van der Waals surface area contributed by atoms with Gasteiger partial charge < -0.3 is 10.3 Å². The minimum atomic E-state index is 0.679. The fourth-order valence-corrected chi connectivity index (χ4v) is 2.35. The number of nitrogens with two attached hydrogens (primary N) is 1. The molecule has 2 rings (SSSR count). The normalized spacial score (nSPS) is 20.9. The van der Waals surface area contributed by atoms with Crippen LogP contribution in [0.5, 0.6) is 0 Å². The van der Waals surface area contributed by atoms with Crippen molar-refractivity contribution in [3.8, 4) is 0 Å². The Morgan fingerprint density at radius 3 is 3.14 bits per heavy atom. The van der Waals surface area contributed by atoms with Crippen LogP contribution >= 0.6 is 11.6 Å². The first-order chi connectivity index (χ1) is 6.72. The lowest BCUT2D eigenvalue weighted by atomic mass is 9.96. The average molecular weight is 214 g/mol. The summed E-state index contributed by atoms with van der Waals surface area (Å²) in [6, 6.07) is 0. The lowest BCUT2D eigenvalue weighted by Gasteiger charge is -2.23. The van der Waals surface area contributed by atoms with Crippen molar-refractivity contribution in [3.63, 3.8) is 0 Å². The Bertz CT molecular complexity index is 332. The molecule has 0 radical (unpaired) electrons. The van der Waals surface area contributed by atoms with E-state index in [-0.39, 0.29) is 0 Å². The zero-order chi connectivity index (χ0) is 10.1. The third kappa shape index (κ3) is 1.66. The van der Waals surface area contributed by atoms with E-state index in [9.17, 15) is 0 Å². The predicted molar refractivity (Wildman–Crippen MR) is 57.5 cm³/mol. The molecule has 1 atom stereocenters. The Hall–Kier alpha value is -0.540. The summed E-state index contributed by atoms with van der Waals surface area (Å²) in [6.07, 6.45) is 3.33. The largest absolute Gasteiger partial charge is 0.330 e. The summed E-state index contributed by atoms with van der Waals surface area (Å²) < 4.78 is 2.14. The van der Waals surface area contributed by atoms with Crippen molar-refractivity contribution in [1.29, 1.82) is 0 Å². The van der Waals surface area contributed by atoms with Gasteiger partial charge in [0.15, 0.2) is 0 Å². The molecule has 0 bridgehead atoms. The Labute approximate surface area is 89.3 Å². The molecule has 14 heavy (non-hydrogen) atoms. The van der Waals surface area contributed by atoms with Gasteiger partial charge in [-0.3, -0.25) is 0 Å². The summed E-state index contributed by atoms with van der Waals surface area (Å²) in [5.74, 6) is 1.82. The Kier molecular flexibility index (Phi) is 2.79. The Morgan fingerprint density at radius 2 is 2.43 bits per heavy atom. The smallest absolute Gasteiger partial charge is 0.131 e. The number of imidazole rings is 1. The van der Waals surface area contributed by atoms with E-state index in [0.717, 1.165) is 42.6 Å². The molecule has 0 aliphatic carbocycles. The van der Waals surface area contributed by atoms with Crippen LogP contribution < -0.4 is 5.73 Å². The second kappa shape index (κ2) is 3.91. The van der Waals surface area contributed by atoms with E-state index in [1.807, 2.05) is 6.92 Å². The first-order valence-corrected chi connectivity index (χ1v) is 5.51. The molecule has 1 aromatic heterocycles. The molecule has 1 aliphatic rings. The van der Waals surface area contributed by atoms with Gasteiger partial charge in [-0.15, -0.1) is 0 Å². The van der Waals surface area contributed by atoms with Crippen molar-refractivity contribution >= 4 is 11.6 Å². The van der Waals surface area contributed by atoms with Crippen LogP contribution in [0.3, 0.4) is 0 Å². The van der Waals surface area contributed by atoms with E-state index < -0.39 is 0 Å². The highest BCUT2D eigenvalue weighted by Gasteiger charge is 2.22. The van der Waals surface area contributed by atoms with Gasteiger partial charge in [-0.2, -0.15) is 0 Å². The molecule has 4 heteroatoms. The number of fused-ring (bicyclic) bond motifs is 1. The SMILES string of the molecule is Cc1nc2n(c1Cl)CC(CCN)CC2. The molecule has 0 saturated carbocycles. The van der Waals surface area contributed by atoms with Crippen LogP contribution in [-0.4, -0.2) is 16.1 Å². The third-order valence-electron chi connectivity index (χ3n) is 2.94. The second-order valence-corrected chi connectivity index (χ2v) is 4.35. The van der Waals surface area contributed by atoms with Gasteiger partial charge in [-0.1, -0.05) is 11.6 Å². The predicted octanol–water partition coefficient (Wildman–Crippen LogP) is 1.76. The van der Waals surface area contributed by atoms with Gasteiger partial charge in [-0.05, 0) is 32.2 Å². The molecule has 2 N–H and O–H groups in total. The highest BCUT2D eigenvalue weighted by molar-refractivity contribution is 6.30. The first-order valence-electron chi connectivity index (χ1n) is 5.14. The van der Waals surface area contributed by atoms with Gasteiger partial charge in [0.2, 0.25) is 0 Å². The molecule has 0 fully saturated rings. The Morgan fingerprint density at radius 1 is 1.64 bits per heavy atom. The topological polar surface area (TPSA) is 43.8 Å². The van der Waals surface area contributed by atoms with E-state index in [2.05, 4.69) is 9.55 Å². The van der Waals surface area contributed by atoms with Crippen LogP contribution in [0, 0.1) is 12.8 Å². The van der Waals surface area contributed by atoms with Crippen molar-refractivity contribution in [1.82, 2.24) is 9.55 Å². The van der Waals surface area contributed by atoms with Gasteiger partial charge >= 0.3 is 0 Å². The van der Waals surface area contributed by atoms with Crippen molar-refractivity contribution < 1.29 is 0 Å². The lowest BCUT2D eigenvalue weighted by molar-refractivity contribution is 0.349. The zero-order valence-electron chi connectivity index (χ0n) is 8.46. The summed E-state index contributed by atoms with van der Waals surface area (Å²) in [5, 5.41) is 0.807. The molecule has 78 valence electrons. The number of aromatic nitrogens is 2. The Balaban J connectivity index is 2.20. The van der Waals surface area contributed by atoms with Crippen LogP contribution in [0.1, 0.15) is 24.4 Å². The summed E-state index contributed by atoms with van der Waals surface area (Å²) in [7, 11) is 0. The summed E-state index contributed by atoms with van der Waals surface area (Å²) in [4.78, 5) is 4.45. The molecule has 1 unspecified atom stereocenters. The van der Waals surface area contributed by atoms with Crippen molar-refractivity contribution in [2.24, 2.45) is 11.7 Å². The second-order valence-electron chi connectivity index (χ2n) is 4.00. The van der Waals surface area contributed by atoms with Crippen molar-refractivity contribution in [3.05, 3.63) is 16.7 Å². The minimum absolute atomic E-state index is 0.679. The van der Waals surface area contributed by atoms with Crippen LogP contribution in [0.15, 0.2) is 0 Å². The molecular weight excluding hydrogens is 198 g/mol. The molecular formula is C10H16ClN3. The van der Waals surface area contributed by atoms with Gasteiger partial charge in [0.1, 0.15) is 11.0 Å². The number of hydrogen-bond donors (Lipinski definition) is 1. The highest BCUT2D eigenvalue weighted by Crippen LogP contribution is 2.27. The number of nitrogens with zero attached hydrogens (tertiary/aromatic N) is 2. The van der Waals surface area contributed by atoms with Crippen molar-refractivity contribution in [2.75, 3.05) is 6.54 Å². The lowest BCUT2D eigenvalue weighted by Crippen LogP contribution is -2.22. The molecule has 3 nitrogen and oxygen atoms in total. The maximum Gasteiger partial charge on any atom is 0.131 e. The molecule has 1 aromatic rings. The maximum absolute atomic E-state index is 6.16. The zero-order valence-corrected chi connectivity index (χ0v) is 9.22. The third-order valence-corrected chi connectivity index (χ3v) is 3.41. The van der Waals surface area contributed by atoms with E-state index in [1.165, 1.54) is 6.42 Å².